The van der Waals surface area contributed by atoms with Crippen molar-refractivity contribution in [2.75, 3.05) is 33.4 Å². The lowest BCUT2D eigenvalue weighted by atomic mass is 10.1. The summed E-state index contributed by atoms with van der Waals surface area (Å²) >= 11 is 0. The molecule has 2 atom stereocenters. The molecular formula is C13H28ClN3O2. The van der Waals surface area contributed by atoms with Crippen molar-refractivity contribution in [2.45, 2.75) is 44.7 Å². The number of carbonyl (C=O) groups excluding carboxylic acids is 1. The molecule has 1 heterocycles. The maximum atomic E-state index is 11.7. The number of likely N-dealkylation sites (tertiary alicyclic amines) is 1. The summed E-state index contributed by atoms with van der Waals surface area (Å²) < 4.78 is 5.10. The molecular weight excluding hydrogens is 266 g/mol. The maximum absolute atomic E-state index is 11.7. The zero-order valence-corrected chi connectivity index (χ0v) is 12.9. The van der Waals surface area contributed by atoms with Gasteiger partial charge >= 0.3 is 0 Å². The Kier molecular flexibility index (Phi) is 10.2. The number of rotatable bonds is 8. The first-order valence-electron chi connectivity index (χ1n) is 6.95. The monoisotopic (exact) mass is 293 g/mol. The molecule has 114 valence electrons. The van der Waals surface area contributed by atoms with Crippen molar-refractivity contribution in [1.29, 1.82) is 0 Å². The summed E-state index contributed by atoms with van der Waals surface area (Å²) in [7, 11) is 1.72. The van der Waals surface area contributed by atoms with Crippen LogP contribution in [0.1, 0.15) is 32.6 Å². The highest BCUT2D eigenvalue weighted by Crippen LogP contribution is 2.15. The van der Waals surface area contributed by atoms with Crippen LogP contribution in [-0.2, 0) is 9.53 Å². The predicted octanol–water partition coefficient (Wildman–Crippen LogP) is 0.763. The smallest absolute Gasteiger partial charge is 0.236 e. The number of methoxy groups -OCH3 is 1. The average Bonchev–Trinajstić information content (AvgIpc) is 2.81. The summed E-state index contributed by atoms with van der Waals surface area (Å²) in [5.74, 6) is -0.0181. The molecule has 1 fully saturated rings. The normalized spacial score (nSPS) is 20.9. The van der Waals surface area contributed by atoms with Crippen LogP contribution in [0.5, 0.6) is 0 Å². The van der Waals surface area contributed by atoms with Gasteiger partial charge < -0.3 is 15.8 Å². The molecule has 0 aromatic rings. The fourth-order valence-electron chi connectivity index (χ4n) is 2.42. The highest BCUT2D eigenvalue weighted by molar-refractivity contribution is 5.85. The lowest BCUT2D eigenvalue weighted by Gasteiger charge is -2.24. The Balaban J connectivity index is 0.00000324. The third-order valence-corrected chi connectivity index (χ3v) is 3.53. The van der Waals surface area contributed by atoms with Crippen LogP contribution in [-0.4, -0.2) is 56.2 Å². The summed E-state index contributed by atoms with van der Waals surface area (Å²) in [6.07, 6.45) is 4.04. The van der Waals surface area contributed by atoms with Gasteiger partial charge in [0.2, 0.25) is 5.91 Å². The van der Waals surface area contributed by atoms with Crippen molar-refractivity contribution in [1.82, 2.24) is 10.2 Å². The molecule has 1 rings (SSSR count). The molecule has 19 heavy (non-hydrogen) atoms. The van der Waals surface area contributed by atoms with E-state index in [-0.39, 0.29) is 24.4 Å². The van der Waals surface area contributed by atoms with E-state index >= 15 is 0 Å². The number of carbonyl (C=O) groups is 1. The first-order chi connectivity index (χ1) is 8.69. The van der Waals surface area contributed by atoms with Gasteiger partial charge in [0.05, 0.1) is 12.6 Å². The van der Waals surface area contributed by atoms with Crippen molar-refractivity contribution in [3.63, 3.8) is 0 Å². The zero-order chi connectivity index (χ0) is 13.4. The molecule has 0 aromatic heterocycles. The van der Waals surface area contributed by atoms with E-state index in [0.29, 0.717) is 12.6 Å². The number of nitrogens with two attached hydrogens (primary N) is 1. The molecule has 2 unspecified atom stereocenters. The van der Waals surface area contributed by atoms with Crippen LogP contribution in [0, 0.1) is 0 Å². The number of amides is 1. The van der Waals surface area contributed by atoms with Gasteiger partial charge in [-0.3, -0.25) is 9.69 Å². The van der Waals surface area contributed by atoms with Crippen molar-refractivity contribution in [3.8, 4) is 0 Å². The summed E-state index contributed by atoms with van der Waals surface area (Å²) in [4.78, 5) is 14.1. The molecule has 1 aliphatic heterocycles. The first-order valence-corrected chi connectivity index (χ1v) is 6.95. The Labute approximate surface area is 122 Å². The number of hydrogen-bond donors (Lipinski definition) is 2. The highest BCUT2D eigenvalue weighted by Gasteiger charge is 2.24. The van der Waals surface area contributed by atoms with Crippen molar-refractivity contribution in [2.24, 2.45) is 5.73 Å². The lowest BCUT2D eigenvalue weighted by molar-refractivity contribution is -0.122. The third kappa shape index (κ3) is 6.56. The summed E-state index contributed by atoms with van der Waals surface area (Å²) in [5, 5.41) is 2.97. The number of nitrogens with one attached hydrogen (secondary N) is 1. The van der Waals surface area contributed by atoms with Gasteiger partial charge in [-0.05, 0) is 25.8 Å². The molecule has 1 amide bonds. The van der Waals surface area contributed by atoms with Gasteiger partial charge in [0.15, 0.2) is 0 Å². The third-order valence-electron chi connectivity index (χ3n) is 3.53. The molecule has 0 radical (unpaired) electrons. The molecule has 0 aliphatic carbocycles. The topological polar surface area (TPSA) is 67.6 Å². The van der Waals surface area contributed by atoms with Crippen molar-refractivity contribution < 1.29 is 9.53 Å². The minimum atomic E-state index is -0.358. The van der Waals surface area contributed by atoms with E-state index in [1.807, 2.05) is 6.92 Å². The van der Waals surface area contributed by atoms with Crippen LogP contribution in [0.2, 0.25) is 0 Å². The summed E-state index contributed by atoms with van der Waals surface area (Å²) in [6, 6.07) is 0.0850. The Morgan fingerprint density at radius 1 is 1.58 bits per heavy atom. The fraction of sp³-hybridized carbons (Fsp3) is 0.923. The van der Waals surface area contributed by atoms with Crippen LogP contribution in [0.4, 0.5) is 0 Å². The van der Waals surface area contributed by atoms with Gasteiger partial charge in [-0.25, -0.2) is 0 Å². The van der Waals surface area contributed by atoms with E-state index in [2.05, 4.69) is 10.2 Å². The van der Waals surface area contributed by atoms with Gasteiger partial charge in [-0.2, -0.15) is 0 Å². The second kappa shape index (κ2) is 10.4. The van der Waals surface area contributed by atoms with Crippen LogP contribution < -0.4 is 11.1 Å². The number of hydrogen-bond acceptors (Lipinski definition) is 4. The average molecular weight is 294 g/mol. The molecule has 1 aliphatic rings. The van der Waals surface area contributed by atoms with E-state index < -0.39 is 0 Å². The van der Waals surface area contributed by atoms with Crippen LogP contribution in [0.25, 0.3) is 0 Å². The molecule has 1 saturated heterocycles. The quantitative estimate of drug-likeness (QED) is 0.693. The van der Waals surface area contributed by atoms with Gasteiger partial charge in [0, 0.05) is 26.2 Å². The van der Waals surface area contributed by atoms with Crippen molar-refractivity contribution in [3.05, 3.63) is 0 Å². The van der Waals surface area contributed by atoms with Gasteiger partial charge in [-0.15, -0.1) is 12.4 Å². The van der Waals surface area contributed by atoms with E-state index in [9.17, 15) is 4.79 Å². The molecule has 0 spiro atoms. The van der Waals surface area contributed by atoms with E-state index in [1.165, 1.54) is 6.42 Å². The molecule has 0 aromatic carbocycles. The zero-order valence-electron chi connectivity index (χ0n) is 12.1. The second-order valence-electron chi connectivity index (χ2n) is 4.97. The standard InChI is InChI=1S/C13H27N3O2.ClH/c1-3-5-12(14)13(17)15-10-11-6-4-7-16(11)8-9-18-2;/h11-12H,3-10,14H2,1-2H3,(H,15,17);1H. The Morgan fingerprint density at radius 3 is 2.95 bits per heavy atom. The first kappa shape index (κ1) is 18.6. The molecule has 0 bridgehead atoms. The van der Waals surface area contributed by atoms with Gasteiger partial charge in [-0.1, -0.05) is 13.3 Å². The highest BCUT2D eigenvalue weighted by atomic mass is 35.5. The number of ether oxygens (including phenoxy) is 1. The number of halogens is 1. The second-order valence-corrected chi connectivity index (χ2v) is 4.97. The van der Waals surface area contributed by atoms with Crippen LogP contribution in [0.15, 0.2) is 0 Å². The molecule has 3 N–H and O–H groups in total. The van der Waals surface area contributed by atoms with Crippen LogP contribution >= 0.6 is 12.4 Å². The maximum Gasteiger partial charge on any atom is 0.236 e. The predicted molar refractivity (Wildman–Crippen MR) is 79.6 cm³/mol. The molecule has 6 heteroatoms. The fourth-order valence-corrected chi connectivity index (χ4v) is 2.42. The van der Waals surface area contributed by atoms with Crippen LogP contribution in [0.3, 0.4) is 0 Å². The SMILES string of the molecule is CCCC(N)C(=O)NCC1CCCN1CCOC.Cl. The largest absolute Gasteiger partial charge is 0.383 e. The molecule has 5 nitrogen and oxygen atoms in total. The summed E-state index contributed by atoms with van der Waals surface area (Å²) in [6.45, 7) is 5.54. The Morgan fingerprint density at radius 2 is 2.32 bits per heavy atom. The van der Waals surface area contributed by atoms with E-state index in [4.69, 9.17) is 10.5 Å². The Bertz CT molecular complexity index is 254. The minimum Gasteiger partial charge on any atom is -0.383 e. The van der Waals surface area contributed by atoms with Gasteiger partial charge in [0.25, 0.3) is 0 Å². The van der Waals surface area contributed by atoms with Crippen molar-refractivity contribution >= 4 is 18.3 Å². The minimum absolute atomic E-state index is 0. The summed E-state index contributed by atoms with van der Waals surface area (Å²) in [5.41, 5.74) is 5.78. The van der Waals surface area contributed by atoms with E-state index in [1.54, 1.807) is 7.11 Å². The lowest BCUT2D eigenvalue weighted by Crippen LogP contribution is -2.46. The Hall–Kier alpha value is -0.360. The van der Waals surface area contributed by atoms with E-state index in [0.717, 1.165) is 39.0 Å². The number of nitrogens with zero attached hydrogens (tertiary/aromatic N) is 1. The molecule has 0 saturated carbocycles. The van der Waals surface area contributed by atoms with Gasteiger partial charge in [0.1, 0.15) is 0 Å².